The van der Waals surface area contributed by atoms with Gasteiger partial charge in [-0.1, -0.05) is 11.8 Å². The molecule has 0 saturated heterocycles. The monoisotopic (exact) mass is 186 g/mol. The lowest BCUT2D eigenvalue weighted by atomic mass is 10.3. The van der Waals surface area contributed by atoms with Crippen molar-refractivity contribution in [2.45, 2.75) is 5.16 Å². The first-order valence-corrected chi connectivity index (χ1v) is 4.20. The van der Waals surface area contributed by atoms with Gasteiger partial charge in [-0.05, 0) is 6.26 Å². The summed E-state index contributed by atoms with van der Waals surface area (Å²) in [6.07, 6.45) is 1.99. The average molecular weight is 186 g/mol. The van der Waals surface area contributed by atoms with Gasteiger partial charge in [-0.3, -0.25) is 4.79 Å². The Morgan fingerprint density at radius 3 is 2.17 bits per heavy atom. The Balaban J connectivity index is 3.27. The fraction of sp³-hybridized carbons (Fsp3) is 0.167. The van der Waals surface area contributed by atoms with Crippen molar-refractivity contribution in [2.24, 2.45) is 0 Å². The molecule has 12 heavy (non-hydrogen) atoms. The minimum atomic E-state index is -0.498. The van der Waals surface area contributed by atoms with Crippen molar-refractivity contribution in [3.63, 3.8) is 0 Å². The first kappa shape index (κ1) is 8.79. The van der Waals surface area contributed by atoms with Crippen LogP contribution >= 0.6 is 11.8 Å². The van der Waals surface area contributed by atoms with Gasteiger partial charge in [-0.25, -0.2) is 0 Å². The number of carbonyl (C=O) groups excluding carboxylic acids is 1. The minimum Gasteiger partial charge on any atom is -0.493 e. The van der Waals surface area contributed by atoms with Gasteiger partial charge < -0.3 is 10.2 Å². The molecule has 0 saturated carbocycles. The van der Waals surface area contributed by atoms with E-state index in [1.54, 1.807) is 6.26 Å². The maximum Gasteiger partial charge on any atom is 0.229 e. The lowest BCUT2D eigenvalue weighted by Crippen LogP contribution is -1.92. The van der Waals surface area contributed by atoms with E-state index in [9.17, 15) is 4.79 Å². The number of aromatic hydroxyl groups is 2. The molecule has 5 nitrogen and oxygen atoms in total. The van der Waals surface area contributed by atoms with Crippen LogP contribution in [0.2, 0.25) is 0 Å². The van der Waals surface area contributed by atoms with E-state index in [1.807, 2.05) is 0 Å². The van der Waals surface area contributed by atoms with Crippen molar-refractivity contribution in [1.82, 2.24) is 9.97 Å². The molecule has 0 aliphatic rings. The first-order chi connectivity index (χ1) is 5.69. The summed E-state index contributed by atoms with van der Waals surface area (Å²) >= 11 is 1.16. The van der Waals surface area contributed by atoms with Crippen LogP contribution in [0.3, 0.4) is 0 Å². The lowest BCUT2D eigenvalue weighted by Gasteiger charge is -2.00. The Morgan fingerprint density at radius 2 is 1.83 bits per heavy atom. The van der Waals surface area contributed by atoms with Crippen LogP contribution in [0.4, 0.5) is 0 Å². The van der Waals surface area contributed by atoms with Gasteiger partial charge in [0.05, 0.1) is 0 Å². The van der Waals surface area contributed by atoms with Crippen LogP contribution in [-0.4, -0.2) is 32.7 Å². The molecule has 1 heterocycles. The fourth-order valence-electron chi connectivity index (χ4n) is 0.623. The van der Waals surface area contributed by atoms with E-state index in [0.717, 1.165) is 11.8 Å². The summed E-state index contributed by atoms with van der Waals surface area (Å²) in [4.78, 5) is 17.3. The maximum atomic E-state index is 10.2. The van der Waals surface area contributed by atoms with E-state index in [1.165, 1.54) is 0 Å². The van der Waals surface area contributed by atoms with Gasteiger partial charge in [0.25, 0.3) is 0 Å². The molecule has 64 valence electrons. The summed E-state index contributed by atoms with van der Waals surface area (Å²) in [5.74, 6) is -0.997. The van der Waals surface area contributed by atoms with Gasteiger partial charge in [0.2, 0.25) is 11.8 Å². The van der Waals surface area contributed by atoms with Crippen LogP contribution in [0, 0.1) is 0 Å². The van der Waals surface area contributed by atoms with E-state index in [0.29, 0.717) is 6.29 Å². The number of hydrogen-bond donors (Lipinski definition) is 2. The molecule has 0 aliphatic heterocycles. The van der Waals surface area contributed by atoms with E-state index < -0.39 is 11.8 Å². The first-order valence-electron chi connectivity index (χ1n) is 2.98. The smallest absolute Gasteiger partial charge is 0.229 e. The van der Waals surface area contributed by atoms with Gasteiger partial charge >= 0.3 is 0 Å². The molecular formula is C6H6N2O3S. The highest BCUT2D eigenvalue weighted by Gasteiger charge is 2.11. The minimum absolute atomic E-state index is 0.218. The van der Waals surface area contributed by atoms with E-state index in [2.05, 4.69) is 9.97 Å². The Kier molecular flexibility index (Phi) is 2.49. The molecule has 0 unspecified atom stereocenters. The standard InChI is InChI=1S/C6H6N2O3S/c1-12-6-7-4(10)3(2-9)5(11)8-6/h2H,1H3,(H2,7,8,10,11). The summed E-state index contributed by atoms with van der Waals surface area (Å²) < 4.78 is 0. The van der Waals surface area contributed by atoms with Crippen molar-refractivity contribution in [2.75, 3.05) is 6.26 Å². The highest BCUT2D eigenvalue weighted by molar-refractivity contribution is 7.98. The summed E-state index contributed by atoms with van der Waals surface area (Å²) in [5.41, 5.74) is -0.284. The van der Waals surface area contributed by atoms with Gasteiger partial charge in [0.15, 0.2) is 11.4 Å². The molecule has 2 N–H and O–H groups in total. The molecule has 0 spiro atoms. The topological polar surface area (TPSA) is 83.3 Å². The van der Waals surface area contributed by atoms with E-state index in [-0.39, 0.29) is 10.7 Å². The van der Waals surface area contributed by atoms with Crippen molar-refractivity contribution >= 4 is 18.0 Å². The third kappa shape index (κ3) is 1.48. The second kappa shape index (κ2) is 3.40. The largest absolute Gasteiger partial charge is 0.493 e. The number of aromatic nitrogens is 2. The third-order valence-electron chi connectivity index (χ3n) is 1.19. The highest BCUT2D eigenvalue weighted by atomic mass is 32.2. The van der Waals surface area contributed by atoms with Crippen molar-refractivity contribution in [1.29, 1.82) is 0 Å². The van der Waals surface area contributed by atoms with Gasteiger partial charge in [-0.2, -0.15) is 9.97 Å². The molecule has 1 rings (SSSR count). The third-order valence-corrected chi connectivity index (χ3v) is 1.73. The molecule has 0 aliphatic carbocycles. The number of carbonyl (C=O) groups is 1. The fourth-order valence-corrected chi connectivity index (χ4v) is 0.979. The molecule has 0 atom stereocenters. The van der Waals surface area contributed by atoms with Crippen LogP contribution in [0.5, 0.6) is 11.8 Å². The highest BCUT2D eigenvalue weighted by Crippen LogP contribution is 2.23. The zero-order valence-corrected chi connectivity index (χ0v) is 7.00. The van der Waals surface area contributed by atoms with Gasteiger partial charge in [0.1, 0.15) is 5.56 Å². The predicted octanol–water partition coefficient (Wildman–Crippen LogP) is 0.422. The summed E-state index contributed by atoms with van der Waals surface area (Å²) in [5, 5.41) is 18.3. The van der Waals surface area contributed by atoms with Gasteiger partial charge in [-0.15, -0.1) is 0 Å². The summed E-state index contributed by atoms with van der Waals surface area (Å²) in [6.45, 7) is 0. The summed E-state index contributed by atoms with van der Waals surface area (Å²) in [7, 11) is 0. The average Bonchev–Trinajstić information content (AvgIpc) is 2.03. The van der Waals surface area contributed by atoms with Crippen molar-refractivity contribution in [3.05, 3.63) is 5.56 Å². The molecule has 6 heteroatoms. The van der Waals surface area contributed by atoms with Crippen LogP contribution < -0.4 is 0 Å². The molecule has 0 bridgehead atoms. The molecule has 1 aromatic heterocycles. The van der Waals surface area contributed by atoms with Crippen LogP contribution in [-0.2, 0) is 0 Å². The van der Waals surface area contributed by atoms with Crippen LogP contribution in [0.1, 0.15) is 10.4 Å². The van der Waals surface area contributed by atoms with Crippen molar-refractivity contribution in [3.8, 4) is 11.8 Å². The van der Waals surface area contributed by atoms with Gasteiger partial charge in [0, 0.05) is 0 Å². The molecular weight excluding hydrogens is 180 g/mol. The number of aldehydes is 1. The van der Waals surface area contributed by atoms with Crippen LogP contribution in [0.25, 0.3) is 0 Å². The predicted molar refractivity (Wildman–Crippen MR) is 42.5 cm³/mol. The van der Waals surface area contributed by atoms with E-state index >= 15 is 0 Å². The molecule has 0 radical (unpaired) electrons. The SMILES string of the molecule is CSc1nc(O)c(C=O)c(O)n1. The van der Waals surface area contributed by atoms with E-state index in [4.69, 9.17) is 10.2 Å². The molecule has 0 amide bonds. The zero-order chi connectivity index (χ0) is 9.14. The number of hydrogen-bond acceptors (Lipinski definition) is 6. The zero-order valence-electron chi connectivity index (χ0n) is 6.18. The maximum absolute atomic E-state index is 10.2. The van der Waals surface area contributed by atoms with Crippen LogP contribution in [0.15, 0.2) is 5.16 Å². The lowest BCUT2D eigenvalue weighted by molar-refractivity contribution is 0.111. The Morgan fingerprint density at radius 1 is 1.33 bits per heavy atom. The quantitative estimate of drug-likeness (QED) is 0.395. The Labute approximate surface area is 72.5 Å². The molecule has 0 aromatic carbocycles. The summed E-state index contributed by atoms with van der Waals surface area (Å²) in [6, 6.07) is 0. The van der Waals surface area contributed by atoms with Crippen molar-refractivity contribution < 1.29 is 15.0 Å². The molecule has 0 fully saturated rings. The number of thioether (sulfide) groups is 1. The Hall–Kier alpha value is -1.30. The molecule has 1 aromatic rings. The second-order valence-electron chi connectivity index (χ2n) is 1.89. The number of rotatable bonds is 2. The normalized spacial score (nSPS) is 9.75. The second-order valence-corrected chi connectivity index (χ2v) is 2.66. The Bertz CT molecular complexity index is 293. The number of nitrogens with zero attached hydrogens (tertiary/aromatic N) is 2.